The number of nitrogens with zero attached hydrogens (tertiary/aromatic N) is 1. The number of nitrogens with one attached hydrogen (secondary N) is 1. The molecule has 0 spiro atoms. The second-order valence-electron chi connectivity index (χ2n) is 5.97. The lowest BCUT2D eigenvalue weighted by atomic mass is 10.1. The fraction of sp³-hybridized carbons (Fsp3) is 0.389. The van der Waals surface area contributed by atoms with E-state index in [0.29, 0.717) is 22.8 Å². The zero-order valence-electron chi connectivity index (χ0n) is 13.9. The number of fused-ring (bicyclic) bond motifs is 1. The highest BCUT2D eigenvalue weighted by Crippen LogP contribution is 2.21. The quantitative estimate of drug-likeness (QED) is 0.827. The summed E-state index contributed by atoms with van der Waals surface area (Å²) < 4.78 is 10.5. The summed E-state index contributed by atoms with van der Waals surface area (Å²) in [4.78, 5) is 28.4. The van der Waals surface area contributed by atoms with Crippen LogP contribution in [0.5, 0.6) is 0 Å². The van der Waals surface area contributed by atoms with Crippen LogP contribution in [0.3, 0.4) is 0 Å². The third kappa shape index (κ3) is 4.46. The van der Waals surface area contributed by atoms with Crippen molar-refractivity contribution in [1.82, 2.24) is 10.3 Å². The molecule has 0 bridgehead atoms. The number of pyridine rings is 1. The van der Waals surface area contributed by atoms with Crippen molar-refractivity contribution in [2.24, 2.45) is 0 Å². The Balaban J connectivity index is 1.59. The van der Waals surface area contributed by atoms with Crippen LogP contribution in [0.1, 0.15) is 28.9 Å². The van der Waals surface area contributed by atoms with Crippen molar-refractivity contribution in [3.63, 3.8) is 0 Å². The number of esters is 1. The summed E-state index contributed by atoms with van der Waals surface area (Å²) in [7, 11) is 0. The van der Waals surface area contributed by atoms with Gasteiger partial charge in [-0.2, -0.15) is 0 Å². The van der Waals surface area contributed by atoms with Gasteiger partial charge in [0, 0.05) is 23.6 Å². The highest BCUT2D eigenvalue weighted by atomic mass is 35.5. The predicted molar refractivity (Wildman–Crippen MR) is 93.8 cm³/mol. The molecule has 0 unspecified atom stereocenters. The Hall–Kier alpha value is -2.18. The second kappa shape index (κ2) is 7.80. The molecular weight excluding hydrogens is 344 g/mol. The van der Waals surface area contributed by atoms with Gasteiger partial charge in [0.25, 0.3) is 5.91 Å². The number of rotatable bonds is 5. The highest BCUT2D eigenvalue weighted by molar-refractivity contribution is 6.31. The van der Waals surface area contributed by atoms with E-state index in [4.69, 9.17) is 21.1 Å². The lowest BCUT2D eigenvalue weighted by Crippen LogP contribution is -2.34. The molecule has 1 aliphatic rings. The van der Waals surface area contributed by atoms with Gasteiger partial charge >= 0.3 is 5.97 Å². The van der Waals surface area contributed by atoms with E-state index >= 15 is 0 Å². The first kappa shape index (κ1) is 17.6. The molecule has 3 rings (SSSR count). The lowest BCUT2D eigenvalue weighted by molar-refractivity contribution is -0.124. The van der Waals surface area contributed by atoms with Gasteiger partial charge in [0.05, 0.1) is 22.9 Å². The molecule has 1 atom stereocenters. The number of carbonyl (C=O) groups is 2. The van der Waals surface area contributed by atoms with Gasteiger partial charge in [0.15, 0.2) is 6.61 Å². The van der Waals surface area contributed by atoms with Gasteiger partial charge in [-0.3, -0.25) is 9.78 Å². The van der Waals surface area contributed by atoms with Crippen LogP contribution >= 0.6 is 11.6 Å². The summed E-state index contributed by atoms with van der Waals surface area (Å²) in [6.45, 7) is 2.56. The molecule has 1 N–H and O–H groups in total. The number of amides is 1. The van der Waals surface area contributed by atoms with Crippen LogP contribution in [0.25, 0.3) is 10.9 Å². The summed E-state index contributed by atoms with van der Waals surface area (Å²) in [5, 5.41) is 4.01. The van der Waals surface area contributed by atoms with Crippen molar-refractivity contribution in [2.75, 3.05) is 19.8 Å². The van der Waals surface area contributed by atoms with Crippen molar-refractivity contribution >= 4 is 34.4 Å². The average Bonchev–Trinajstić information content (AvgIpc) is 3.11. The summed E-state index contributed by atoms with van der Waals surface area (Å²) >= 11 is 5.97. The standard InChI is InChI=1S/C18H19ClN2O4/c1-11-15(8-12-7-13(19)4-5-16(12)21-11)18(23)25-10-17(22)20-9-14-3-2-6-24-14/h4-5,7-8,14H,2-3,6,9-10H2,1H3,(H,20,22)/t14-/m0/s1. The fourth-order valence-electron chi connectivity index (χ4n) is 2.74. The van der Waals surface area contributed by atoms with Gasteiger partial charge in [0.2, 0.25) is 0 Å². The molecule has 2 aromatic rings. The zero-order valence-corrected chi connectivity index (χ0v) is 14.6. The molecule has 1 saturated heterocycles. The molecule has 0 radical (unpaired) electrons. The van der Waals surface area contributed by atoms with Crippen molar-refractivity contribution in [3.8, 4) is 0 Å². The van der Waals surface area contributed by atoms with Crippen molar-refractivity contribution < 1.29 is 19.1 Å². The minimum Gasteiger partial charge on any atom is -0.452 e. The summed E-state index contributed by atoms with van der Waals surface area (Å²) in [6.07, 6.45) is 1.99. The number of halogens is 1. The Morgan fingerprint density at radius 1 is 1.40 bits per heavy atom. The van der Waals surface area contributed by atoms with Crippen LogP contribution in [-0.4, -0.2) is 42.7 Å². The van der Waals surface area contributed by atoms with Gasteiger partial charge in [-0.1, -0.05) is 11.6 Å². The fourth-order valence-corrected chi connectivity index (χ4v) is 2.92. The number of aryl methyl sites for hydroxylation is 1. The maximum absolute atomic E-state index is 12.3. The number of hydrogen-bond donors (Lipinski definition) is 1. The smallest absolute Gasteiger partial charge is 0.340 e. The summed E-state index contributed by atoms with van der Waals surface area (Å²) in [5.41, 5.74) is 1.61. The molecule has 132 valence electrons. The Morgan fingerprint density at radius 2 is 2.24 bits per heavy atom. The molecule has 7 heteroatoms. The lowest BCUT2D eigenvalue weighted by Gasteiger charge is -2.11. The Labute approximate surface area is 150 Å². The maximum Gasteiger partial charge on any atom is 0.340 e. The Kier molecular flexibility index (Phi) is 5.50. The SMILES string of the molecule is Cc1nc2ccc(Cl)cc2cc1C(=O)OCC(=O)NC[C@@H]1CCCO1. The molecule has 1 fully saturated rings. The van der Waals surface area contributed by atoms with E-state index in [-0.39, 0.29) is 18.6 Å². The molecule has 6 nitrogen and oxygen atoms in total. The van der Waals surface area contributed by atoms with Crippen LogP contribution in [0.15, 0.2) is 24.3 Å². The van der Waals surface area contributed by atoms with Gasteiger partial charge in [0.1, 0.15) is 0 Å². The molecule has 0 saturated carbocycles. The average molecular weight is 363 g/mol. The molecule has 1 aliphatic heterocycles. The highest BCUT2D eigenvalue weighted by Gasteiger charge is 2.18. The molecule has 1 aromatic heterocycles. The first-order chi connectivity index (χ1) is 12.0. The largest absolute Gasteiger partial charge is 0.452 e. The van der Waals surface area contributed by atoms with Gasteiger partial charge in [-0.05, 0) is 44.0 Å². The van der Waals surface area contributed by atoms with Crippen LogP contribution in [0.2, 0.25) is 5.02 Å². The van der Waals surface area contributed by atoms with Crippen LogP contribution in [0, 0.1) is 6.92 Å². The van der Waals surface area contributed by atoms with Crippen LogP contribution in [-0.2, 0) is 14.3 Å². The number of hydrogen-bond acceptors (Lipinski definition) is 5. The van der Waals surface area contributed by atoms with Crippen LogP contribution < -0.4 is 5.32 Å². The minimum absolute atomic E-state index is 0.0522. The molecule has 2 heterocycles. The van der Waals surface area contributed by atoms with E-state index in [9.17, 15) is 9.59 Å². The molecule has 1 aromatic carbocycles. The van der Waals surface area contributed by atoms with E-state index in [1.54, 1.807) is 31.2 Å². The second-order valence-corrected chi connectivity index (χ2v) is 6.41. The molecule has 0 aliphatic carbocycles. The van der Waals surface area contributed by atoms with Gasteiger partial charge in [-0.15, -0.1) is 0 Å². The van der Waals surface area contributed by atoms with E-state index in [1.807, 2.05) is 0 Å². The predicted octanol–water partition coefficient (Wildman–Crippen LogP) is 2.65. The zero-order chi connectivity index (χ0) is 17.8. The first-order valence-electron chi connectivity index (χ1n) is 8.15. The normalized spacial score (nSPS) is 16.8. The van der Waals surface area contributed by atoms with Crippen molar-refractivity contribution in [2.45, 2.75) is 25.9 Å². The Morgan fingerprint density at radius 3 is 3.00 bits per heavy atom. The topological polar surface area (TPSA) is 77.5 Å². The maximum atomic E-state index is 12.3. The molecular formula is C18H19ClN2O4. The third-order valence-corrected chi connectivity index (χ3v) is 4.31. The summed E-state index contributed by atoms with van der Waals surface area (Å²) in [5.74, 6) is -0.933. The van der Waals surface area contributed by atoms with Crippen LogP contribution in [0.4, 0.5) is 0 Å². The van der Waals surface area contributed by atoms with E-state index < -0.39 is 5.97 Å². The number of aromatic nitrogens is 1. The van der Waals surface area contributed by atoms with E-state index in [2.05, 4.69) is 10.3 Å². The number of carbonyl (C=O) groups excluding carboxylic acids is 2. The third-order valence-electron chi connectivity index (χ3n) is 4.07. The minimum atomic E-state index is -0.584. The Bertz CT molecular complexity index is 803. The van der Waals surface area contributed by atoms with E-state index in [1.165, 1.54) is 0 Å². The summed E-state index contributed by atoms with van der Waals surface area (Å²) in [6, 6.07) is 6.94. The molecule has 1 amide bonds. The first-order valence-corrected chi connectivity index (χ1v) is 8.53. The van der Waals surface area contributed by atoms with Gasteiger partial charge in [-0.25, -0.2) is 4.79 Å². The van der Waals surface area contributed by atoms with Crippen molar-refractivity contribution in [1.29, 1.82) is 0 Å². The van der Waals surface area contributed by atoms with Gasteiger partial charge < -0.3 is 14.8 Å². The number of ether oxygens (including phenoxy) is 2. The number of benzene rings is 1. The van der Waals surface area contributed by atoms with E-state index in [0.717, 1.165) is 30.4 Å². The monoisotopic (exact) mass is 362 g/mol. The molecule has 25 heavy (non-hydrogen) atoms. The van der Waals surface area contributed by atoms with Crippen molar-refractivity contribution in [3.05, 3.63) is 40.5 Å².